The largest absolute Gasteiger partial charge is 0.497 e. The third kappa shape index (κ3) is 12.2. The van der Waals surface area contributed by atoms with Crippen LogP contribution in [0.5, 0.6) is 17.2 Å². The van der Waals surface area contributed by atoms with Gasteiger partial charge in [-0.1, -0.05) is 80.4 Å². The van der Waals surface area contributed by atoms with Crippen LogP contribution in [0.1, 0.15) is 67.7 Å². The number of amides is 3. The molecule has 13 heteroatoms. The number of aldehydes is 1. The van der Waals surface area contributed by atoms with E-state index in [1.165, 1.54) is 5.06 Å². The summed E-state index contributed by atoms with van der Waals surface area (Å²) in [5.74, 6) is -0.247. The van der Waals surface area contributed by atoms with Gasteiger partial charge in [0.1, 0.15) is 42.2 Å². The summed E-state index contributed by atoms with van der Waals surface area (Å²) < 4.78 is 17.4. The maximum atomic E-state index is 14.5. The summed E-state index contributed by atoms with van der Waals surface area (Å²) in [4.78, 5) is 64.6. The van der Waals surface area contributed by atoms with E-state index < -0.39 is 35.7 Å². The first kappa shape index (κ1) is 45.8. The van der Waals surface area contributed by atoms with E-state index in [1.54, 1.807) is 44.8 Å². The molecule has 0 spiro atoms. The van der Waals surface area contributed by atoms with Crippen LogP contribution >= 0.6 is 11.3 Å². The number of carbonyl (C=O) groups excluding carboxylic acids is 4. The second-order valence-electron chi connectivity index (χ2n) is 15.6. The fourth-order valence-electron chi connectivity index (χ4n) is 7.97. The molecule has 2 N–H and O–H groups in total. The molecule has 0 aliphatic carbocycles. The molecule has 1 aromatic heterocycles. The van der Waals surface area contributed by atoms with Crippen LogP contribution < -0.4 is 24.8 Å². The van der Waals surface area contributed by atoms with Crippen molar-refractivity contribution in [3.05, 3.63) is 125 Å². The van der Waals surface area contributed by atoms with E-state index in [1.807, 2.05) is 85.1 Å². The summed E-state index contributed by atoms with van der Waals surface area (Å²) in [5.41, 5.74) is 3.54. The van der Waals surface area contributed by atoms with Gasteiger partial charge in [0.15, 0.2) is 0 Å². The Morgan fingerprint density at radius 2 is 1.60 bits per heavy atom. The Balaban J connectivity index is 1.23. The van der Waals surface area contributed by atoms with Crippen molar-refractivity contribution >= 4 is 45.4 Å². The third-order valence-electron chi connectivity index (χ3n) is 11.5. The maximum absolute atomic E-state index is 14.5. The van der Waals surface area contributed by atoms with E-state index in [0.29, 0.717) is 42.2 Å². The summed E-state index contributed by atoms with van der Waals surface area (Å²) in [7, 11) is 4.71. The molecule has 1 saturated heterocycles. The number of benzene rings is 4. The first-order valence-corrected chi connectivity index (χ1v) is 22.2. The van der Waals surface area contributed by atoms with Gasteiger partial charge in [0, 0.05) is 47.7 Å². The summed E-state index contributed by atoms with van der Waals surface area (Å²) in [5, 5.41) is 10.4. The number of unbranched alkanes of at least 4 members (excludes halogenated alkanes) is 1. The fourth-order valence-corrected chi connectivity index (χ4v) is 8.95. The Hall–Kier alpha value is -5.76. The number of hydroxylamine groups is 2. The molecule has 6 rings (SSSR count). The number of carbonyl (C=O) groups is 4. The molecule has 3 amide bonds. The monoisotopic (exact) mass is 862 g/mol. The standard InChI is InChI=1S/C49H58N4O8S/c1-5-6-15-36(27-47(55)53(61-32-35-19-22-39(58-2)23-20-35)30-37-21-24-40(59-3)28-45(37)60-4)48(56)50-42(26-38-33-62-46-18-11-10-16-41(38)46)49(57)51-43(31-54)44-17-12-25-52(44)29-34-13-8-7-9-14-34/h7-11,13-14,16,18-24,28,31,33,36,42-44H,5-6,12,15,17,25-27,29-30,32H2,1-4H3,(H,50,56)(H,51,57)/t36-,42+,43-,44?/m1/s1. The molecule has 0 bridgehead atoms. The molecule has 4 atom stereocenters. The molecule has 1 aliphatic rings. The Morgan fingerprint density at radius 3 is 2.32 bits per heavy atom. The van der Waals surface area contributed by atoms with Crippen molar-refractivity contribution < 1.29 is 38.2 Å². The number of hydrogen-bond acceptors (Lipinski definition) is 10. The second-order valence-corrected chi connectivity index (χ2v) is 16.5. The fraction of sp³-hybridized carbons (Fsp3) is 0.388. The number of methoxy groups -OCH3 is 3. The molecule has 5 aromatic rings. The van der Waals surface area contributed by atoms with Crippen LogP contribution in [0.15, 0.2) is 102 Å². The lowest BCUT2D eigenvalue weighted by Gasteiger charge is -2.31. The Labute approximate surface area is 368 Å². The number of likely N-dealkylation sites (tertiary alicyclic amines) is 1. The molecule has 1 fully saturated rings. The van der Waals surface area contributed by atoms with Gasteiger partial charge in [-0.2, -0.15) is 0 Å². The molecule has 62 heavy (non-hydrogen) atoms. The minimum atomic E-state index is -1.02. The van der Waals surface area contributed by atoms with Crippen LogP contribution in [0.25, 0.3) is 10.1 Å². The van der Waals surface area contributed by atoms with Crippen molar-refractivity contribution in [2.24, 2.45) is 5.92 Å². The molecule has 0 radical (unpaired) electrons. The number of nitrogens with one attached hydrogen (secondary N) is 2. The van der Waals surface area contributed by atoms with Crippen LogP contribution in [0.4, 0.5) is 0 Å². The average molecular weight is 863 g/mol. The lowest BCUT2D eigenvalue weighted by molar-refractivity contribution is -0.197. The second kappa shape index (κ2) is 22.9. The molecule has 12 nitrogen and oxygen atoms in total. The Morgan fingerprint density at radius 1 is 0.855 bits per heavy atom. The van der Waals surface area contributed by atoms with Crippen LogP contribution in [0, 0.1) is 5.92 Å². The highest BCUT2D eigenvalue weighted by Crippen LogP contribution is 2.29. The van der Waals surface area contributed by atoms with Gasteiger partial charge in [-0.05, 0) is 83.6 Å². The summed E-state index contributed by atoms with van der Waals surface area (Å²) in [6.07, 6.45) is 4.39. The molecular formula is C49H58N4O8S. The smallest absolute Gasteiger partial charge is 0.247 e. The lowest BCUT2D eigenvalue weighted by Crippen LogP contribution is -2.56. The van der Waals surface area contributed by atoms with E-state index >= 15 is 0 Å². The molecule has 4 aromatic carbocycles. The zero-order chi connectivity index (χ0) is 43.8. The molecular weight excluding hydrogens is 805 g/mol. The predicted octanol–water partition coefficient (Wildman–Crippen LogP) is 7.66. The number of ether oxygens (including phenoxy) is 3. The van der Waals surface area contributed by atoms with E-state index in [9.17, 15) is 19.2 Å². The van der Waals surface area contributed by atoms with Crippen LogP contribution in [-0.4, -0.2) is 80.0 Å². The number of fused-ring (bicyclic) bond motifs is 1. The summed E-state index contributed by atoms with van der Waals surface area (Å²) >= 11 is 1.57. The molecule has 328 valence electrons. The number of rotatable bonds is 23. The van der Waals surface area contributed by atoms with Gasteiger partial charge in [0.25, 0.3) is 0 Å². The molecule has 1 unspecified atom stereocenters. The molecule has 2 heterocycles. The zero-order valence-corrected chi connectivity index (χ0v) is 36.9. The third-order valence-corrected chi connectivity index (χ3v) is 12.5. The Bertz CT molecular complexity index is 2230. The molecule has 1 aliphatic heterocycles. The quantitative estimate of drug-likeness (QED) is 0.0502. The van der Waals surface area contributed by atoms with Crippen LogP contribution in [0.2, 0.25) is 0 Å². The van der Waals surface area contributed by atoms with Gasteiger partial charge in [-0.3, -0.25) is 24.1 Å². The Kier molecular flexibility index (Phi) is 16.9. The van der Waals surface area contributed by atoms with Crippen LogP contribution in [-0.2, 0) is 50.1 Å². The SMILES string of the molecule is CCCC[C@H](CC(=O)N(Cc1ccc(OC)cc1OC)OCc1ccc(OC)cc1)C(=O)N[C@@H](Cc1csc2ccccc12)C(=O)N[C@H](C=O)C1CCCN1Cc1ccccc1. The van der Waals surface area contributed by atoms with Crippen molar-refractivity contribution in [2.75, 3.05) is 27.9 Å². The van der Waals surface area contributed by atoms with Crippen molar-refractivity contribution in [3.8, 4) is 17.2 Å². The minimum Gasteiger partial charge on any atom is -0.497 e. The van der Waals surface area contributed by atoms with Gasteiger partial charge >= 0.3 is 0 Å². The first-order valence-electron chi connectivity index (χ1n) is 21.3. The van der Waals surface area contributed by atoms with Gasteiger partial charge < -0.3 is 29.6 Å². The van der Waals surface area contributed by atoms with Gasteiger partial charge in [0.05, 0.1) is 27.9 Å². The maximum Gasteiger partial charge on any atom is 0.247 e. The van der Waals surface area contributed by atoms with Gasteiger partial charge in [-0.25, -0.2) is 5.06 Å². The summed E-state index contributed by atoms with van der Waals surface area (Å²) in [6.45, 7) is 3.61. The van der Waals surface area contributed by atoms with E-state index in [-0.39, 0.29) is 32.0 Å². The highest BCUT2D eigenvalue weighted by atomic mass is 32.1. The van der Waals surface area contributed by atoms with Gasteiger partial charge in [0.2, 0.25) is 17.7 Å². The van der Waals surface area contributed by atoms with E-state index in [2.05, 4.69) is 27.7 Å². The highest BCUT2D eigenvalue weighted by Gasteiger charge is 2.35. The average Bonchev–Trinajstić information content (AvgIpc) is 3.95. The first-order chi connectivity index (χ1) is 30.2. The van der Waals surface area contributed by atoms with E-state index in [4.69, 9.17) is 19.0 Å². The normalized spacial score (nSPS) is 15.3. The minimum absolute atomic E-state index is 0.0378. The number of thiophene rings is 1. The van der Waals surface area contributed by atoms with E-state index in [0.717, 1.165) is 58.9 Å². The number of hydrogen-bond donors (Lipinski definition) is 2. The van der Waals surface area contributed by atoms with Crippen molar-refractivity contribution in [2.45, 2.75) is 89.7 Å². The highest BCUT2D eigenvalue weighted by molar-refractivity contribution is 7.17. The van der Waals surface area contributed by atoms with Crippen molar-refractivity contribution in [1.82, 2.24) is 20.6 Å². The van der Waals surface area contributed by atoms with Crippen LogP contribution in [0.3, 0.4) is 0 Å². The lowest BCUT2D eigenvalue weighted by atomic mass is 9.95. The number of nitrogens with zero attached hydrogens (tertiary/aromatic N) is 2. The van der Waals surface area contributed by atoms with Gasteiger partial charge in [-0.15, -0.1) is 11.3 Å². The topological polar surface area (TPSA) is 136 Å². The predicted molar refractivity (Wildman–Crippen MR) is 241 cm³/mol. The molecule has 0 saturated carbocycles. The van der Waals surface area contributed by atoms with Crippen molar-refractivity contribution in [3.63, 3.8) is 0 Å². The summed E-state index contributed by atoms with van der Waals surface area (Å²) in [6, 6.07) is 28.7. The zero-order valence-electron chi connectivity index (χ0n) is 36.0. The van der Waals surface area contributed by atoms with Crippen molar-refractivity contribution in [1.29, 1.82) is 0 Å².